The summed E-state index contributed by atoms with van der Waals surface area (Å²) >= 11 is 0. The molecule has 0 aliphatic carbocycles. The van der Waals surface area contributed by atoms with Crippen molar-refractivity contribution >= 4 is 5.91 Å². The Kier molecular flexibility index (Phi) is 4.64. The topological polar surface area (TPSA) is 76.2 Å². The lowest BCUT2D eigenvalue weighted by molar-refractivity contribution is 0.0995. The van der Waals surface area contributed by atoms with Crippen molar-refractivity contribution in [1.82, 2.24) is 15.2 Å². The third kappa shape index (κ3) is 3.19. The quantitative estimate of drug-likeness (QED) is 0.747. The lowest BCUT2D eigenvalue weighted by atomic mass is 10.0. The first-order valence-corrected chi connectivity index (χ1v) is 9.14. The van der Waals surface area contributed by atoms with Crippen LogP contribution >= 0.6 is 0 Å². The number of hydrogen-bond donors (Lipinski definition) is 2. The molecule has 1 atom stereocenters. The van der Waals surface area contributed by atoms with E-state index in [9.17, 15) is 4.79 Å². The van der Waals surface area contributed by atoms with Crippen molar-refractivity contribution in [3.63, 3.8) is 0 Å². The SMILES string of the molecule is Cc1c(-c2ccccc2)c(C(N)=O)nn1N1CCNCC1c1ccccc1. The highest BCUT2D eigenvalue weighted by atomic mass is 16.1. The van der Waals surface area contributed by atoms with Crippen LogP contribution in [0.4, 0.5) is 0 Å². The summed E-state index contributed by atoms with van der Waals surface area (Å²) in [5, 5.41) is 10.3. The van der Waals surface area contributed by atoms with E-state index in [4.69, 9.17) is 5.73 Å². The van der Waals surface area contributed by atoms with E-state index in [-0.39, 0.29) is 6.04 Å². The van der Waals surface area contributed by atoms with Crippen molar-refractivity contribution in [2.75, 3.05) is 24.6 Å². The fraction of sp³-hybridized carbons (Fsp3) is 0.238. The third-order valence-corrected chi connectivity index (χ3v) is 5.03. The molecule has 0 spiro atoms. The first-order chi connectivity index (χ1) is 13.2. The Morgan fingerprint density at radius 1 is 1.11 bits per heavy atom. The number of piperazine rings is 1. The number of aromatic nitrogens is 2. The van der Waals surface area contributed by atoms with Gasteiger partial charge in [0, 0.05) is 25.2 Å². The van der Waals surface area contributed by atoms with E-state index in [0.717, 1.165) is 36.5 Å². The summed E-state index contributed by atoms with van der Waals surface area (Å²) in [5.41, 5.74) is 9.84. The summed E-state index contributed by atoms with van der Waals surface area (Å²) in [7, 11) is 0. The Bertz CT molecular complexity index is 936. The average Bonchev–Trinajstić information content (AvgIpc) is 3.07. The van der Waals surface area contributed by atoms with Crippen molar-refractivity contribution < 1.29 is 4.79 Å². The van der Waals surface area contributed by atoms with Gasteiger partial charge in [0.05, 0.1) is 11.7 Å². The zero-order valence-electron chi connectivity index (χ0n) is 15.3. The molecule has 6 heteroatoms. The van der Waals surface area contributed by atoms with Crippen molar-refractivity contribution in [3.8, 4) is 11.1 Å². The zero-order chi connectivity index (χ0) is 18.8. The molecule has 1 aliphatic rings. The normalized spacial score (nSPS) is 17.1. The molecule has 6 nitrogen and oxygen atoms in total. The molecular formula is C21H23N5O. The Hall–Kier alpha value is -3.12. The lowest BCUT2D eigenvalue weighted by Gasteiger charge is -2.38. The van der Waals surface area contributed by atoms with Crippen LogP contribution in [0.15, 0.2) is 60.7 Å². The van der Waals surface area contributed by atoms with Gasteiger partial charge >= 0.3 is 0 Å². The minimum atomic E-state index is -0.512. The van der Waals surface area contributed by atoms with E-state index in [2.05, 4.69) is 27.6 Å². The lowest BCUT2D eigenvalue weighted by Crippen LogP contribution is -2.52. The summed E-state index contributed by atoms with van der Waals surface area (Å²) < 4.78 is 0. The predicted octanol–water partition coefficient (Wildman–Crippen LogP) is 2.24. The van der Waals surface area contributed by atoms with Crippen LogP contribution < -0.4 is 16.1 Å². The van der Waals surface area contributed by atoms with Crippen molar-refractivity contribution in [2.24, 2.45) is 5.73 Å². The minimum Gasteiger partial charge on any atom is -0.364 e. The Morgan fingerprint density at radius 3 is 2.44 bits per heavy atom. The first kappa shape index (κ1) is 17.3. The van der Waals surface area contributed by atoms with Crippen molar-refractivity contribution in [2.45, 2.75) is 13.0 Å². The molecule has 1 saturated heterocycles. The van der Waals surface area contributed by atoms with Gasteiger partial charge < -0.3 is 11.1 Å². The Morgan fingerprint density at radius 2 is 1.78 bits per heavy atom. The highest BCUT2D eigenvalue weighted by Gasteiger charge is 2.29. The molecule has 1 unspecified atom stereocenters. The average molecular weight is 361 g/mol. The summed E-state index contributed by atoms with van der Waals surface area (Å²) in [6.45, 7) is 4.45. The molecular weight excluding hydrogens is 338 g/mol. The number of benzene rings is 2. The maximum Gasteiger partial charge on any atom is 0.269 e. The van der Waals surface area contributed by atoms with E-state index in [1.54, 1.807) is 0 Å². The summed E-state index contributed by atoms with van der Waals surface area (Å²) in [6, 6.07) is 20.3. The van der Waals surface area contributed by atoms with Gasteiger partial charge in [0.25, 0.3) is 5.91 Å². The van der Waals surface area contributed by atoms with Gasteiger partial charge in [-0.2, -0.15) is 4.79 Å². The molecule has 1 aliphatic heterocycles. The summed E-state index contributed by atoms with van der Waals surface area (Å²) in [6.07, 6.45) is 0. The number of carbonyl (C=O) groups is 1. The molecule has 2 aromatic carbocycles. The van der Waals surface area contributed by atoms with Crippen LogP contribution in [0.5, 0.6) is 0 Å². The van der Waals surface area contributed by atoms with Crippen LogP contribution in [0.25, 0.3) is 11.1 Å². The zero-order valence-corrected chi connectivity index (χ0v) is 15.3. The minimum absolute atomic E-state index is 0.128. The van der Waals surface area contributed by atoms with Crippen LogP contribution in [0.2, 0.25) is 0 Å². The predicted molar refractivity (Wildman–Crippen MR) is 106 cm³/mol. The van der Waals surface area contributed by atoms with Gasteiger partial charge in [-0.15, -0.1) is 5.10 Å². The van der Waals surface area contributed by atoms with Gasteiger partial charge in [-0.25, -0.2) is 0 Å². The number of hydrogen-bond acceptors (Lipinski definition) is 4. The van der Waals surface area contributed by atoms with Gasteiger partial charge in [0.1, 0.15) is 0 Å². The second-order valence-corrected chi connectivity index (χ2v) is 6.72. The largest absolute Gasteiger partial charge is 0.364 e. The monoisotopic (exact) mass is 361 g/mol. The standard InChI is InChI=1S/C21H23N5O/c1-15-19(17-10-6-3-7-11-17)20(21(22)27)24-26(15)25-13-12-23-14-18(25)16-8-4-2-5-9-16/h2-11,18,23H,12-14H2,1H3,(H2,22,27). The highest BCUT2D eigenvalue weighted by Crippen LogP contribution is 2.29. The molecule has 1 aromatic heterocycles. The molecule has 0 bridgehead atoms. The van der Waals surface area contributed by atoms with E-state index in [0.29, 0.717) is 5.69 Å². The van der Waals surface area contributed by atoms with E-state index < -0.39 is 5.91 Å². The van der Waals surface area contributed by atoms with Gasteiger partial charge in [-0.1, -0.05) is 60.7 Å². The summed E-state index contributed by atoms with van der Waals surface area (Å²) in [5.74, 6) is -0.512. The van der Waals surface area contributed by atoms with Crippen LogP contribution in [0.3, 0.4) is 0 Å². The van der Waals surface area contributed by atoms with Crippen molar-refractivity contribution in [3.05, 3.63) is 77.6 Å². The number of rotatable bonds is 4. The second kappa shape index (κ2) is 7.25. The fourth-order valence-electron chi connectivity index (χ4n) is 3.75. The number of nitrogens with one attached hydrogen (secondary N) is 1. The first-order valence-electron chi connectivity index (χ1n) is 9.14. The molecule has 0 saturated carbocycles. The highest BCUT2D eigenvalue weighted by molar-refractivity contribution is 5.98. The molecule has 138 valence electrons. The van der Waals surface area contributed by atoms with Gasteiger partial charge in [-0.05, 0) is 18.1 Å². The molecule has 3 aromatic rings. The van der Waals surface area contributed by atoms with E-state index >= 15 is 0 Å². The molecule has 3 N–H and O–H groups in total. The van der Waals surface area contributed by atoms with Crippen LogP contribution in [-0.4, -0.2) is 35.4 Å². The number of nitrogens with two attached hydrogens (primary N) is 1. The maximum absolute atomic E-state index is 12.1. The second-order valence-electron chi connectivity index (χ2n) is 6.72. The number of carbonyl (C=O) groups excluding carboxylic acids is 1. The maximum atomic E-state index is 12.1. The molecule has 2 heterocycles. The van der Waals surface area contributed by atoms with Gasteiger partial charge in [0.2, 0.25) is 0 Å². The van der Waals surface area contributed by atoms with Crippen LogP contribution in [0, 0.1) is 6.92 Å². The molecule has 27 heavy (non-hydrogen) atoms. The number of primary amides is 1. The van der Waals surface area contributed by atoms with Crippen LogP contribution in [0.1, 0.15) is 27.8 Å². The number of nitrogens with zero attached hydrogens (tertiary/aromatic N) is 3. The number of amides is 1. The third-order valence-electron chi connectivity index (χ3n) is 5.03. The Balaban J connectivity index is 1.82. The van der Waals surface area contributed by atoms with Gasteiger partial charge in [-0.3, -0.25) is 9.80 Å². The Labute approximate surface area is 158 Å². The molecule has 4 rings (SSSR count). The van der Waals surface area contributed by atoms with Gasteiger partial charge in [0.15, 0.2) is 5.69 Å². The molecule has 1 amide bonds. The van der Waals surface area contributed by atoms with E-state index in [1.165, 1.54) is 5.56 Å². The van der Waals surface area contributed by atoms with Crippen LogP contribution in [-0.2, 0) is 0 Å². The molecule has 0 radical (unpaired) electrons. The summed E-state index contributed by atoms with van der Waals surface area (Å²) in [4.78, 5) is 14.0. The van der Waals surface area contributed by atoms with E-state index in [1.807, 2.05) is 60.2 Å². The van der Waals surface area contributed by atoms with Crippen molar-refractivity contribution in [1.29, 1.82) is 0 Å². The fourth-order valence-corrected chi connectivity index (χ4v) is 3.75. The molecule has 1 fully saturated rings. The smallest absolute Gasteiger partial charge is 0.269 e.